The molecule has 0 bridgehead atoms. The molecule has 7 nitrogen and oxygen atoms in total. The molecule has 24 heavy (non-hydrogen) atoms. The summed E-state index contributed by atoms with van der Waals surface area (Å²) in [6.45, 7) is 3.63. The van der Waals surface area contributed by atoms with Crippen LogP contribution in [-0.2, 0) is 9.59 Å². The van der Waals surface area contributed by atoms with Crippen molar-refractivity contribution in [1.29, 1.82) is 0 Å². The first kappa shape index (κ1) is 16.1. The zero-order chi connectivity index (χ0) is 17.3. The predicted octanol–water partition coefficient (Wildman–Crippen LogP) is 1.75. The van der Waals surface area contributed by atoms with Crippen LogP contribution in [0.1, 0.15) is 30.8 Å². The standard InChI is InChI=1S/C16H17FN4O3/c1-9-5-12(3-4-13(9)17)21-7-11(6-14(21)22)16(23)19-10(2)15-18-8-24-20-15/h3-5,8,10-11H,6-7H2,1-2H3,(H,19,23). The lowest BCUT2D eigenvalue weighted by Gasteiger charge is -2.18. The van der Waals surface area contributed by atoms with Gasteiger partial charge in [-0.1, -0.05) is 5.16 Å². The van der Waals surface area contributed by atoms with Crippen molar-refractivity contribution in [2.75, 3.05) is 11.4 Å². The number of carbonyl (C=O) groups is 2. The molecule has 1 aromatic heterocycles. The Labute approximate surface area is 137 Å². The number of rotatable bonds is 4. The topological polar surface area (TPSA) is 88.3 Å². The summed E-state index contributed by atoms with van der Waals surface area (Å²) < 4.78 is 18.0. The van der Waals surface area contributed by atoms with Crippen molar-refractivity contribution >= 4 is 17.5 Å². The molecular formula is C16H17FN4O3. The highest BCUT2D eigenvalue weighted by molar-refractivity contribution is 6.00. The van der Waals surface area contributed by atoms with E-state index in [1.807, 2.05) is 0 Å². The molecular weight excluding hydrogens is 315 g/mol. The number of aryl methyl sites for hydroxylation is 1. The Balaban J connectivity index is 1.67. The molecule has 8 heteroatoms. The van der Waals surface area contributed by atoms with Gasteiger partial charge in [0.05, 0.1) is 12.0 Å². The van der Waals surface area contributed by atoms with Crippen molar-refractivity contribution in [3.8, 4) is 0 Å². The first-order valence-corrected chi connectivity index (χ1v) is 7.59. The molecule has 2 amide bonds. The normalized spacial score (nSPS) is 18.7. The summed E-state index contributed by atoms with van der Waals surface area (Å²) in [6.07, 6.45) is 1.30. The molecule has 1 aromatic carbocycles. The van der Waals surface area contributed by atoms with Gasteiger partial charge in [0.15, 0.2) is 5.82 Å². The maximum absolute atomic E-state index is 13.4. The van der Waals surface area contributed by atoms with Crippen LogP contribution >= 0.6 is 0 Å². The highest BCUT2D eigenvalue weighted by Gasteiger charge is 2.36. The van der Waals surface area contributed by atoms with Gasteiger partial charge in [0.25, 0.3) is 0 Å². The summed E-state index contributed by atoms with van der Waals surface area (Å²) in [5.74, 6) is -0.833. The van der Waals surface area contributed by atoms with Gasteiger partial charge in [-0.05, 0) is 37.6 Å². The van der Waals surface area contributed by atoms with E-state index in [1.165, 1.54) is 17.4 Å². The lowest BCUT2D eigenvalue weighted by Crippen LogP contribution is -2.35. The van der Waals surface area contributed by atoms with Crippen molar-refractivity contribution in [2.24, 2.45) is 5.92 Å². The van der Waals surface area contributed by atoms with Crippen LogP contribution in [0.2, 0.25) is 0 Å². The highest BCUT2D eigenvalue weighted by atomic mass is 19.1. The molecule has 2 unspecified atom stereocenters. The first-order chi connectivity index (χ1) is 11.5. The third-order valence-corrected chi connectivity index (χ3v) is 4.07. The van der Waals surface area contributed by atoms with Gasteiger partial charge in [0.1, 0.15) is 5.82 Å². The van der Waals surface area contributed by atoms with Gasteiger partial charge in [0, 0.05) is 18.7 Å². The van der Waals surface area contributed by atoms with Gasteiger partial charge in [-0.2, -0.15) is 4.98 Å². The number of benzene rings is 1. The van der Waals surface area contributed by atoms with Crippen LogP contribution in [0.4, 0.5) is 10.1 Å². The van der Waals surface area contributed by atoms with E-state index >= 15 is 0 Å². The molecule has 0 aliphatic carbocycles. The van der Waals surface area contributed by atoms with Crippen LogP contribution in [0.25, 0.3) is 0 Å². The molecule has 0 radical (unpaired) electrons. The summed E-state index contributed by atoms with van der Waals surface area (Å²) in [4.78, 5) is 30.0. The predicted molar refractivity (Wildman–Crippen MR) is 82.5 cm³/mol. The monoisotopic (exact) mass is 332 g/mol. The van der Waals surface area contributed by atoms with E-state index < -0.39 is 12.0 Å². The molecule has 1 aliphatic heterocycles. The van der Waals surface area contributed by atoms with Crippen LogP contribution in [-0.4, -0.2) is 28.5 Å². The average Bonchev–Trinajstić information content (AvgIpc) is 3.19. The van der Waals surface area contributed by atoms with Gasteiger partial charge < -0.3 is 14.7 Å². The van der Waals surface area contributed by atoms with Gasteiger partial charge in [-0.3, -0.25) is 9.59 Å². The minimum absolute atomic E-state index is 0.112. The highest BCUT2D eigenvalue weighted by Crippen LogP contribution is 2.27. The second-order valence-electron chi connectivity index (χ2n) is 5.86. The van der Waals surface area contributed by atoms with E-state index in [2.05, 4.69) is 20.0 Å². The van der Waals surface area contributed by atoms with Crippen molar-refractivity contribution in [3.63, 3.8) is 0 Å². The fraction of sp³-hybridized carbons (Fsp3) is 0.375. The van der Waals surface area contributed by atoms with E-state index in [0.717, 1.165) is 0 Å². The number of aromatic nitrogens is 2. The maximum Gasteiger partial charge on any atom is 0.227 e. The van der Waals surface area contributed by atoms with E-state index in [-0.39, 0.29) is 30.6 Å². The van der Waals surface area contributed by atoms with Gasteiger partial charge in [0.2, 0.25) is 18.2 Å². The number of hydrogen-bond acceptors (Lipinski definition) is 5. The number of hydrogen-bond donors (Lipinski definition) is 1. The third-order valence-electron chi connectivity index (χ3n) is 4.07. The minimum Gasteiger partial charge on any atom is -0.346 e. The second-order valence-corrected chi connectivity index (χ2v) is 5.86. The summed E-state index contributed by atoms with van der Waals surface area (Å²) in [6, 6.07) is 4.06. The quantitative estimate of drug-likeness (QED) is 0.921. The van der Waals surface area contributed by atoms with E-state index in [1.54, 1.807) is 26.0 Å². The average molecular weight is 332 g/mol. The number of nitrogens with zero attached hydrogens (tertiary/aromatic N) is 3. The Bertz CT molecular complexity index is 763. The fourth-order valence-electron chi connectivity index (χ4n) is 2.69. The molecule has 0 saturated carbocycles. The minimum atomic E-state index is -0.475. The molecule has 2 heterocycles. The lowest BCUT2D eigenvalue weighted by atomic mass is 10.1. The molecule has 1 N–H and O–H groups in total. The number of carbonyl (C=O) groups excluding carboxylic acids is 2. The van der Waals surface area contributed by atoms with Crippen LogP contribution in [0.15, 0.2) is 29.1 Å². The van der Waals surface area contributed by atoms with Crippen LogP contribution in [0, 0.1) is 18.7 Å². The SMILES string of the molecule is Cc1cc(N2CC(C(=O)NC(C)c3ncon3)CC2=O)ccc1F. The van der Waals surface area contributed by atoms with Crippen molar-refractivity contribution in [3.05, 3.63) is 41.8 Å². The molecule has 3 rings (SSSR count). The van der Waals surface area contributed by atoms with Crippen molar-refractivity contribution in [2.45, 2.75) is 26.3 Å². The smallest absolute Gasteiger partial charge is 0.227 e. The lowest BCUT2D eigenvalue weighted by molar-refractivity contribution is -0.126. The molecule has 1 fully saturated rings. The third kappa shape index (κ3) is 3.12. The molecule has 2 atom stereocenters. The Hall–Kier alpha value is -2.77. The molecule has 1 saturated heterocycles. The van der Waals surface area contributed by atoms with Gasteiger partial charge >= 0.3 is 0 Å². The summed E-state index contributed by atoms with van der Waals surface area (Å²) in [5.41, 5.74) is 1.05. The Morgan fingerprint density at radius 1 is 1.50 bits per heavy atom. The Morgan fingerprint density at radius 2 is 2.29 bits per heavy atom. The summed E-state index contributed by atoms with van der Waals surface area (Å²) in [5, 5.41) is 6.45. The largest absolute Gasteiger partial charge is 0.346 e. The molecule has 0 spiro atoms. The van der Waals surface area contributed by atoms with Gasteiger partial charge in [-0.25, -0.2) is 4.39 Å². The van der Waals surface area contributed by atoms with Crippen LogP contribution in [0.5, 0.6) is 0 Å². The Morgan fingerprint density at radius 3 is 2.96 bits per heavy atom. The van der Waals surface area contributed by atoms with E-state index in [9.17, 15) is 14.0 Å². The van der Waals surface area contributed by atoms with Gasteiger partial charge in [-0.15, -0.1) is 0 Å². The molecule has 1 aliphatic rings. The summed E-state index contributed by atoms with van der Waals surface area (Å²) in [7, 11) is 0. The first-order valence-electron chi connectivity index (χ1n) is 7.59. The van der Waals surface area contributed by atoms with E-state index in [0.29, 0.717) is 17.1 Å². The number of halogens is 1. The second kappa shape index (κ2) is 6.38. The van der Waals surface area contributed by atoms with Crippen LogP contribution < -0.4 is 10.2 Å². The van der Waals surface area contributed by atoms with Crippen LogP contribution in [0.3, 0.4) is 0 Å². The molecule has 126 valence electrons. The number of nitrogens with one attached hydrogen (secondary N) is 1. The van der Waals surface area contributed by atoms with Crippen molar-refractivity contribution in [1.82, 2.24) is 15.5 Å². The maximum atomic E-state index is 13.4. The summed E-state index contributed by atoms with van der Waals surface area (Å²) >= 11 is 0. The Kier molecular flexibility index (Phi) is 4.28. The van der Waals surface area contributed by atoms with E-state index in [4.69, 9.17) is 0 Å². The zero-order valence-corrected chi connectivity index (χ0v) is 13.3. The fourth-order valence-corrected chi connectivity index (χ4v) is 2.69. The number of amides is 2. The van der Waals surface area contributed by atoms with Crippen molar-refractivity contribution < 1.29 is 18.5 Å². The molecule has 2 aromatic rings. The zero-order valence-electron chi connectivity index (χ0n) is 13.3. The number of anilines is 1.